The highest BCUT2D eigenvalue weighted by Gasteiger charge is 2.32. The van der Waals surface area contributed by atoms with Crippen LogP contribution < -0.4 is 5.32 Å². The minimum Gasteiger partial charge on any atom is -0.444 e. The number of benzene rings is 1. The molecule has 1 fully saturated rings. The van der Waals surface area contributed by atoms with Crippen molar-refractivity contribution in [2.75, 3.05) is 18.4 Å². The molecule has 0 saturated carbocycles. The Morgan fingerprint density at radius 2 is 2.04 bits per heavy atom. The third-order valence-corrected chi connectivity index (χ3v) is 3.53. The molecule has 1 aliphatic heterocycles. The van der Waals surface area contributed by atoms with Crippen LogP contribution in [0.25, 0.3) is 0 Å². The number of anilines is 1. The molecule has 0 aliphatic carbocycles. The number of amides is 1. The summed E-state index contributed by atoms with van der Waals surface area (Å²) in [6.45, 7) is 6.07. The molecular formula is C16H21F3N2O2. The highest BCUT2D eigenvalue weighted by molar-refractivity contribution is 5.69. The van der Waals surface area contributed by atoms with Gasteiger partial charge in [-0.25, -0.2) is 18.0 Å². The summed E-state index contributed by atoms with van der Waals surface area (Å²) in [5.41, 5.74) is -0.853. The first-order valence-electron chi connectivity index (χ1n) is 7.55. The third kappa shape index (κ3) is 4.53. The summed E-state index contributed by atoms with van der Waals surface area (Å²) in [5, 5.41) is 2.68. The maximum absolute atomic E-state index is 13.6. The lowest BCUT2D eigenvalue weighted by Gasteiger charge is -2.29. The Hall–Kier alpha value is -1.92. The molecule has 23 heavy (non-hydrogen) atoms. The van der Waals surface area contributed by atoms with Crippen LogP contribution in [0.3, 0.4) is 0 Å². The molecule has 1 aliphatic rings. The summed E-state index contributed by atoms with van der Waals surface area (Å²) in [6.07, 6.45) is 1.07. The van der Waals surface area contributed by atoms with Gasteiger partial charge in [0.15, 0.2) is 11.6 Å². The Labute approximate surface area is 133 Å². The van der Waals surface area contributed by atoms with Crippen molar-refractivity contribution in [2.45, 2.75) is 45.3 Å². The van der Waals surface area contributed by atoms with Gasteiger partial charge in [0.25, 0.3) is 0 Å². The fourth-order valence-electron chi connectivity index (χ4n) is 2.52. The van der Waals surface area contributed by atoms with E-state index in [1.54, 1.807) is 25.7 Å². The second-order valence-electron chi connectivity index (χ2n) is 6.60. The first kappa shape index (κ1) is 17.4. The molecule has 1 atom stereocenters. The summed E-state index contributed by atoms with van der Waals surface area (Å²) in [4.78, 5) is 13.7. The van der Waals surface area contributed by atoms with E-state index in [1.165, 1.54) is 0 Å². The van der Waals surface area contributed by atoms with Crippen LogP contribution in [0.5, 0.6) is 0 Å². The predicted octanol–water partition coefficient (Wildman–Crippen LogP) is 3.92. The number of nitrogens with one attached hydrogen (secondary N) is 1. The number of hydrogen-bond acceptors (Lipinski definition) is 3. The Bertz CT molecular complexity index is 587. The van der Waals surface area contributed by atoms with Crippen molar-refractivity contribution < 1.29 is 22.7 Å². The lowest BCUT2D eigenvalue weighted by Crippen LogP contribution is -2.42. The van der Waals surface area contributed by atoms with E-state index in [9.17, 15) is 18.0 Å². The van der Waals surface area contributed by atoms with Crippen LogP contribution in [-0.4, -0.2) is 35.7 Å². The number of hydrogen-bond donors (Lipinski definition) is 1. The molecule has 1 N–H and O–H groups in total. The van der Waals surface area contributed by atoms with Crippen molar-refractivity contribution >= 4 is 11.8 Å². The molecular weight excluding hydrogens is 309 g/mol. The topological polar surface area (TPSA) is 41.6 Å². The second-order valence-corrected chi connectivity index (χ2v) is 6.60. The number of likely N-dealkylation sites (tertiary alicyclic amines) is 1. The van der Waals surface area contributed by atoms with E-state index in [-0.39, 0.29) is 18.3 Å². The van der Waals surface area contributed by atoms with Crippen LogP contribution in [0.4, 0.5) is 23.7 Å². The van der Waals surface area contributed by atoms with Gasteiger partial charge in [0.05, 0.1) is 11.7 Å². The highest BCUT2D eigenvalue weighted by Crippen LogP contribution is 2.23. The Morgan fingerprint density at radius 3 is 2.70 bits per heavy atom. The first-order valence-corrected chi connectivity index (χ1v) is 7.55. The van der Waals surface area contributed by atoms with Crippen molar-refractivity contribution in [3.05, 3.63) is 29.6 Å². The van der Waals surface area contributed by atoms with E-state index in [0.717, 1.165) is 12.5 Å². The number of carbonyl (C=O) groups excluding carboxylic acids is 1. The number of halogens is 3. The normalized spacial score (nSPS) is 18.2. The van der Waals surface area contributed by atoms with Crippen LogP contribution in [0.15, 0.2) is 12.1 Å². The van der Waals surface area contributed by atoms with Gasteiger partial charge in [-0.2, -0.15) is 0 Å². The number of nitrogens with zero attached hydrogens (tertiary/aromatic N) is 1. The fraction of sp³-hybridized carbons (Fsp3) is 0.562. The van der Waals surface area contributed by atoms with E-state index >= 15 is 0 Å². The molecule has 1 aromatic rings. The van der Waals surface area contributed by atoms with Gasteiger partial charge < -0.3 is 15.0 Å². The summed E-state index contributed by atoms with van der Waals surface area (Å²) in [7, 11) is 0. The molecule has 128 valence electrons. The zero-order valence-corrected chi connectivity index (χ0v) is 13.5. The predicted molar refractivity (Wildman–Crippen MR) is 80.8 cm³/mol. The van der Waals surface area contributed by atoms with Crippen LogP contribution >= 0.6 is 0 Å². The molecule has 7 heteroatoms. The van der Waals surface area contributed by atoms with Crippen LogP contribution in [0.2, 0.25) is 0 Å². The minimum atomic E-state index is -1.25. The molecule has 4 nitrogen and oxygen atoms in total. The van der Waals surface area contributed by atoms with Gasteiger partial charge in [-0.3, -0.25) is 0 Å². The average Bonchev–Trinajstić information content (AvgIpc) is 2.87. The van der Waals surface area contributed by atoms with Gasteiger partial charge in [-0.15, -0.1) is 0 Å². The van der Waals surface area contributed by atoms with E-state index in [2.05, 4.69) is 5.32 Å². The zero-order chi connectivity index (χ0) is 17.2. The molecule has 1 amide bonds. The van der Waals surface area contributed by atoms with Gasteiger partial charge >= 0.3 is 6.09 Å². The quantitative estimate of drug-likeness (QED) is 0.854. The van der Waals surface area contributed by atoms with E-state index in [4.69, 9.17) is 4.74 Å². The van der Waals surface area contributed by atoms with Crippen LogP contribution in [-0.2, 0) is 4.74 Å². The van der Waals surface area contributed by atoms with Crippen LogP contribution in [0, 0.1) is 17.5 Å². The van der Waals surface area contributed by atoms with Gasteiger partial charge in [0.2, 0.25) is 0 Å². The Kier molecular flexibility index (Phi) is 5.06. The Morgan fingerprint density at radius 1 is 1.35 bits per heavy atom. The van der Waals surface area contributed by atoms with Crippen LogP contribution in [0.1, 0.15) is 33.6 Å². The lowest BCUT2D eigenvalue weighted by atomic mass is 10.2. The van der Waals surface area contributed by atoms with Crippen molar-refractivity contribution in [3.63, 3.8) is 0 Å². The maximum atomic E-state index is 13.6. The molecule has 1 heterocycles. The van der Waals surface area contributed by atoms with E-state index in [0.29, 0.717) is 19.0 Å². The lowest BCUT2D eigenvalue weighted by molar-refractivity contribution is 0.0235. The van der Waals surface area contributed by atoms with Crippen molar-refractivity contribution in [1.29, 1.82) is 0 Å². The molecule has 0 radical (unpaired) electrons. The average molecular weight is 330 g/mol. The fourth-order valence-corrected chi connectivity index (χ4v) is 2.52. The van der Waals surface area contributed by atoms with Gasteiger partial charge in [-0.05, 0) is 33.6 Å². The summed E-state index contributed by atoms with van der Waals surface area (Å²) in [6, 6.07) is 1.17. The van der Waals surface area contributed by atoms with E-state index in [1.807, 2.05) is 0 Å². The first-order chi connectivity index (χ1) is 10.7. The molecule has 1 saturated heterocycles. The van der Waals surface area contributed by atoms with E-state index < -0.39 is 29.1 Å². The van der Waals surface area contributed by atoms with Crippen molar-refractivity contribution in [3.8, 4) is 0 Å². The second kappa shape index (κ2) is 6.68. The molecule has 1 aromatic carbocycles. The zero-order valence-electron chi connectivity index (χ0n) is 13.5. The number of carbonyl (C=O) groups is 1. The van der Waals surface area contributed by atoms with Gasteiger partial charge in [0, 0.05) is 25.2 Å². The maximum Gasteiger partial charge on any atom is 0.410 e. The molecule has 0 aromatic heterocycles. The minimum absolute atomic E-state index is 0.194. The summed E-state index contributed by atoms with van der Waals surface area (Å²) < 4.78 is 45.3. The summed E-state index contributed by atoms with van der Waals surface area (Å²) >= 11 is 0. The van der Waals surface area contributed by atoms with Crippen molar-refractivity contribution in [1.82, 2.24) is 4.90 Å². The molecule has 0 bridgehead atoms. The Balaban J connectivity index is 2.01. The smallest absolute Gasteiger partial charge is 0.410 e. The van der Waals surface area contributed by atoms with Gasteiger partial charge in [-0.1, -0.05) is 0 Å². The number of ether oxygens (including phenoxy) is 1. The molecule has 1 unspecified atom stereocenters. The molecule has 0 spiro atoms. The SMILES string of the molecule is CC(C)(C)OC(=O)N1CCCC1CNc1cc(F)cc(F)c1F. The number of rotatable bonds is 3. The summed E-state index contributed by atoms with van der Waals surface area (Å²) in [5.74, 6) is -3.24. The van der Waals surface area contributed by atoms with Gasteiger partial charge in [0.1, 0.15) is 11.4 Å². The highest BCUT2D eigenvalue weighted by atomic mass is 19.2. The molecule has 2 rings (SSSR count). The standard InChI is InChI=1S/C16H21F3N2O2/c1-16(2,3)23-15(22)21-6-4-5-11(21)9-20-13-8-10(17)7-12(18)14(13)19/h7-8,11,20H,4-6,9H2,1-3H3. The third-order valence-electron chi connectivity index (χ3n) is 3.53. The largest absolute Gasteiger partial charge is 0.444 e. The monoisotopic (exact) mass is 330 g/mol. The van der Waals surface area contributed by atoms with Crippen molar-refractivity contribution in [2.24, 2.45) is 0 Å².